The van der Waals surface area contributed by atoms with Crippen LogP contribution in [-0.2, 0) is 19.6 Å². The maximum Gasteiger partial charge on any atom is 0.330 e. The monoisotopic (exact) mass is 495 g/mol. The van der Waals surface area contributed by atoms with Crippen molar-refractivity contribution in [3.8, 4) is 22.0 Å². The molecule has 0 unspecified atom stereocenters. The molecular weight excluding hydrogens is 474 g/mol. The van der Waals surface area contributed by atoms with E-state index in [4.69, 9.17) is 14.6 Å². The van der Waals surface area contributed by atoms with Crippen LogP contribution in [0.15, 0.2) is 89.3 Å². The van der Waals surface area contributed by atoms with E-state index in [1.165, 1.54) is 30.3 Å². The molecule has 0 aliphatic carbocycles. The molecule has 0 atom stereocenters. The number of esters is 1. The van der Waals surface area contributed by atoms with Crippen molar-refractivity contribution < 1.29 is 22.7 Å². The van der Waals surface area contributed by atoms with Gasteiger partial charge in [0, 0.05) is 17.8 Å². The molecule has 0 aliphatic heterocycles. The van der Waals surface area contributed by atoms with Crippen LogP contribution in [-0.4, -0.2) is 37.4 Å². The Kier molecular flexibility index (Phi) is 7.21. The highest BCUT2D eigenvalue weighted by Crippen LogP contribution is 2.28. The number of aromatic nitrogens is 2. The standard InChI is InChI=1S/C24H21N3O5S2/c25-34(29,30)21-11-9-20(10-12-21)31-14-15-32-23(28)13-8-18-17-27(19-5-2-1-3-6-19)26-24(18)22-7-4-16-33-22/h1-13,16-17H,14-15H2,(H2,25,29,30)/b13-8+. The number of carbonyl (C=O) groups excluding carboxylic acids is 1. The highest BCUT2D eigenvalue weighted by atomic mass is 32.2. The highest BCUT2D eigenvalue weighted by molar-refractivity contribution is 7.89. The molecular formula is C24H21N3O5S2. The Morgan fingerprint density at radius 2 is 1.79 bits per heavy atom. The van der Waals surface area contributed by atoms with Gasteiger partial charge in [0.2, 0.25) is 10.0 Å². The van der Waals surface area contributed by atoms with Gasteiger partial charge in [-0.1, -0.05) is 24.3 Å². The van der Waals surface area contributed by atoms with Gasteiger partial charge in [-0.25, -0.2) is 23.0 Å². The lowest BCUT2D eigenvalue weighted by atomic mass is 10.2. The summed E-state index contributed by atoms with van der Waals surface area (Å²) < 4.78 is 35.0. The number of sulfonamides is 1. The second-order valence-electron chi connectivity index (χ2n) is 7.06. The van der Waals surface area contributed by atoms with E-state index >= 15 is 0 Å². The molecule has 8 nitrogen and oxygen atoms in total. The number of hydrogen-bond acceptors (Lipinski definition) is 7. The molecule has 0 bridgehead atoms. The van der Waals surface area contributed by atoms with Crippen LogP contribution in [0.4, 0.5) is 0 Å². The fraction of sp³-hybridized carbons (Fsp3) is 0.0833. The second-order valence-corrected chi connectivity index (χ2v) is 9.57. The lowest BCUT2D eigenvalue weighted by Crippen LogP contribution is -2.12. The van der Waals surface area contributed by atoms with Crippen LogP contribution in [0.2, 0.25) is 0 Å². The molecule has 0 saturated carbocycles. The van der Waals surface area contributed by atoms with Crippen molar-refractivity contribution >= 4 is 33.4 Å². The summed E-state index contributed by atoms with van der Waals surface area (Å²) in [5.74, 6) is -0.0781. The van der Waals surface area contributed by atoms with Gasteiger partial charge in [0.05, 0.1) is 15.5 Å². The fourth-order valence-electron chi connectivity index (χ4n) is 3.06. The number of hydrogen-bond donors (Lipinski definition) is 1. The normalized spacial score (nSPS) is 11.6. The summed E-state index contributed by atoms with van der Waals surface area (Å²) >= 11 is 1.57. The van der Waals surface area contributed by atoms with Crippen molar-refractivity contribution in [3.63, 3.8) is 0 Å². The largest absolute Gasteiger partial charge is 0.490 e. The number of benzene rings is 2. The summed E-state index contributed by atoms with van der Waals surface area (Å²) in [7, 11) is -3.76. The minimum atomic E-state index is -3.76. The van der Waals surface area contributed by atoms with E-state index in [1.54, 1.807) is 22.1 Å². The zero-order chi connectivity index (χ0) is 24.0. The van der Waals surface area contributed by atoms with Crippen LogP contribution in [0.25, 0.3) is 22.3 Å². The van der Waals surface area contributed by atoms with Crippen molar-refractivity contribution in [1.82, 2.24) is 9.78 Å². The van der Waals surface area contributed by atoms with Gasteiger partial charge in [-0.3, -0.25) is 0 Å². The maximum absolute atomic E-state index is 12.2. The Hall–Kier alpha value is -3.73. The summed E-state index contributed by atoms with van der Waals surface area (Å²) in [4.78, 5) is 13.2. The number of ether oxygens (including phenoxy) is 2. The molecule has 0 radical (unpaired) electrons. The molecule has 174 valence electrons. The minimum absolute atomic E-state index is 0.00563. The predicted octanol–water partition coefficient (Wildman–Crippen LogP) is 3.88. The van der Waals surface area contributed by atoms with Gasteiger partial charge in [-0.05, 0) is 53.9 Å². The van der Waals surface area contributed by atoms with E-state index in [0.29, 0.717) is 5.75 Å². The zero-order valence-electron chi connectivity index (χ0n) is 17.9. The van der Waals surface area contributed by atoms with Gasteiger partial charge >= 0.3 is 5.97 Å². The molecule has 2 N–H and O–H groups in total. The summed E-state index contributed by atoms with van der Waals surface area (Å²) in [6.45, 7) is 0.141. The first-order valence-electron chi connectivity index (χ1n) is 10.2. The summed E-state index contributed by atoms with van der Waals surface area (Å²) in [6.07, 6.45) is 4.89. The van der Waals surface area contributed by atoms with E-state index in [2.05, 4.69) is 5.10 Å². The van der Waals surface area contributed by atoms with Crippen molar-refractivity contribution in [2.24, 2.45) is 5.14 Å². The van der Waals surface area contributed by atoms with Gasteiger partial charge in [-0.2, -0.15) is 5.10 Å². The number of carbonyl (C=O) groups is 1. The van der Waals surface area contributed by atoms with Gasteiger partial charge in [0.1, 0.15) is 24.7 Å². The molecule has 2 heterocycles. The van der Waals surface area contributed by atoms with Gasteiger partial charge in [-0.15, -0.1) is 11.3 Å². The molecule has 0 fully saturated rings. The van der Waals surface area contributed by atoms with Crippen LogP contribution in [0.5, 0.6) is 5.75 Å². The van der Waals surface area contributed by atoms with E-state index in [0.717, 1.165) is 21.8 Å². The second kappa shape index (κ2) is 10.5. The first-order chi connectivity index (χ1) is 16.4. The number of para-hydroxylation sites is 1. The molecule has 2 aromatic heterocycles. The van der Waals surface area contributed by atoms with Crippen LogP contribution in [0.3, 0.4) is 0 Å². The lowest BCUT2D eigenvalue weighted by Gasteiger charge is -2.07. The Balaban J connectivity index is 1.36. The maximum atomic E-state index is 12.2. The van der Waals surface area contributed by atoms with E-state index < -0.39 is 16.0 Å². The molecule has 4 aromatic rings. The Morgan fingerprint density at radius 3 is 2.47 bits per heavy atom. The zero-order valence-corrected chi connectivity index (χ0v) is 19.5. The van der Waals surface area contributed by atoms with Crippen LogP contribution >= 0.6 is 11.3 Å². The number of rotatable bonds is 9. The minimum Gasteiger partial charge on any atom is -0.490 e. The third-order valence-corrected chi connectivity index (χ3v) is 6.47. The van der Waals surface area contributed by atoms with Crippen LogP contribution in [0.1, 0.15) is 5.56 Å². The fourth-order valence-corrected chi connectivity index (χ4v) is 4.31. The predicted molar refractivity (Wildman–Crippen MR) is 130 cm³/mol. The van der Waals surface area contributed by atoms with Gasteiger partial charge in [0.15, 0.2) is 0 Å². The number of nitrogens with two attached hydrogens (primary N) is 1. The molecule has 0 spiro atoms. The van der Waals surface area contributed by atoms with Crippen LogP contribution in [0, 0.1) is 0 Å². The number of nitrogens with zero attached hydrogens (tertiary/aromatic N) is 2. The Bertz CT molecular complexity index is 1380. The van der Waals surface area contributed by atoms with E-state index in [-0.39, 0.29) is 18.1 Å². The van der Waals surface area contributed by atoms with Crippen molar-refractivity contribution in [1.29, 1.82) is 0 Å². The average molecular weight is 496 g/mol. The first kappa shape index (κ1) is 23.4. The van der Waals surface area contributed by atoms with Gasteiger partial charge < -0.3 is 9.47 Å². The summed E-state index contributed by atoms with van der Waals surface area (Å²) in [6, 6.07) is 19.3. The molecule has 34 heavy (non-hydrogen) atoms. The number of thiophene rings is 1. The molecule has 4 rings (SSSR count). The van der Waals surface area contributed by atoms with Crippen molar-refractivity contribution in [2.75, 3.05) is 13.2 Å². The summed E-state index contributed by atoms with van der Waals surface area (Å²) in [5, 5.41) is 11.7. The average Bonchev–Trinajstić information content (AvgIpc) is 3.51. The summed E-state index contributed by atoms with van der Waals surface area (Å²) in [5.41, 5.74) is 2.47. The lowest BCUT2D eigenvalue weighted by molar-refractivity contribution is -0.138. The van der Waals surface area contributed by atoms with E-state index in [1.807, 2.05) is 54.0 Å². The highest BCUT2D eigenvalue weighted by Gasteiger charge is 2.12. The molecule has 0 saturated heterocycles. The first-order valence-corrected chi connectivity index (χ1v) is 12.6. The topological polar surface area (TPSA) is 114 Å². The van der Waals surface area contributed by atoms with Crippen LogP contribution < -0.4 is 9.88 Å². The van der Waals surface area contributed by atoms with Crippen molar-refractivity contribution in [3.05, 3.63) is 89.9 Å². The molecule has 0 amide bonds. The molecule has 10 heteroatoms. The quantitative estimate of drug-likeness (QED) is 0.214. The van der Waals surface area contributed by atoms with E-state index in [9.17, 15) is 13.2 Å². The SMILES string of the molecule is NS(=O)(=O)c1ccc(OCCOC(=O)/C=C/c2cn(-c3ccccc3)nc2-c2cccs2)cc1. The Labute approximate surface area is 200 Å². The third-order valence-electron chi connectivity index (χ3n) is 4.67. The van der Waals surface area contributed by atoms with Gasteiger partial charge in [0.25, 0.3) is 0 Å². The number of primary sulfonamides is 1. The smallest absolute Gasteiger partial charge is 0.330 e. The molecule has 2 aromatic carbocycles. The molecule has 0 aliphatic rings. The van der Waals surface area contributed by atoms with Crippen molar-refractivity contribution in [2.45, 2.75) is 4.90 Å². The third kappa shape index (κ3) is 5.98. The Morgan fingerprint density at radius 1 is 1.03 bits per heavy atom.